The maximum absolute atomic E-state index is 9.29. The number of piperidine rings is 1. The van der Waals surface area contributed by atoms with Crippen molar-refractivity contribution in [3.63, 3.8) is 0 Å². The highest BCUT2D eigenvalue weighted by Gasteiger charge is 2.20. The lowest BCUT2D eigenvalue weighted by Gasteiger charge is -2.30. The molecular formula is C17H20ClNO2. The van der Waals surface area contributed by atoms with E-state index in [4.69, 9.17) is 16.0 Å². The summed E-state index contributed by atoms with van der Waals surface area (Å²) < 4.78 is 5.93. The first-order chi connectivity index (χ1) is 10.2. The van der Waals surface area contributed by atoms with Crippen molar-refractivity contribution in [3.8, 4) is 11.3 Å². The summed E-state index contributed by atoms with van der Waals surface area (Å²) in [6, 6.07) is 11.7. The predicted molar refractivity (Wildman–Crippen MR) is 84.2 cm³/mol. The summed E-state index contributed by atoms with van der Waals surface area (Å²) in [5.41, 5.74) is 1.04. The van der Waals surface area contributed by atoms with Crippen molar-refractivity contribution < 1.29 is 9.52 Å². The highest BCUT2D eigenvalue weighted by atomic mass is 35.5. The largest absolute Gasteiger partial charge is 0.460 e. The van der Waals surface area contributed by atoms with Gasteiger partial charge in [0.25, 0.3) is 0 Å². The van der Waals surface area contributed by atoms with Crippen LogP contribution in [0.3, 0.4) is 0 Å². The lowest BCUT2D eigenvalue weighted by Crippen LogP contribution is -2.36. The van der Waals surface area contributed by atoms with Gasteiger partial charge in [0, 0.05) is 23.7 Å². The molecule has 3 rings (SSSR count). The van der Waals surface area contributed by atoms with Crippen molar-refractivity contribution in [2.75, 3.05) is 19.7 Å². The molecule has 0 amide bonds. The first-order valence-electron chi connectivity index (χ1n) is 7.42. The molecule has 1 aliphatic rings. The molecule has 0 aliphatic carbocycles. The van der Waals surface area contributed by atoms with Crippen LogP contribution in [0, 0.1) is 5.92 Å². The molecule has 3 nitrogen and oxygen atoms in total. The summed E-state index contributed by atoms with van der Waals surface area (Å²) >= 11 is 5.90. The molecule has 4 heteroatoms. The van der Waals surface area contributed by atoms with E-state index < -0.39 is 0 Å². The topological polar surface area (TPSA) is 36.6 Å². The van der Waals surface area contributed by atoms with Gasteiger partial charge in [-0.05, 0) is 61.7 Å². The second-order valence-corrected chi connectivity index (χ2v) is 6.14. The molecule has 1 fully saturated rings. The minimum absolute atomic E-state index is 0.282. The van der Waals surface area contributed by atoms with E-state index in [9.17, 15) is 5.11 Å². The van der Waals surface area contributed by atoms with E-state index in [0.29, 0.717) is 5.92 Å². The second kappa shape index (κ2) is 6.65. The van der Waals surface area contributed by atoms with Gasteiger partial charge in [0.05, 0.1) is 6.54 Å². The molecule has 0 radical (unpaired) electrons. The molecule has 0 unspecified atom stereocenters. The summed E-state index contributed by atoms with van der Waals surface area (Å²) in [4.78, 5) is 2.36. The monoisotopic (exact) mass is 305 g/mol. The molecule has 1 atom stereocenters. The van der Waals surface area contributed by atoms with E-state index in [0.717, 1.165) is 54.6 Å². The van der Waals surface area contributed by atoms with Gasteiger partial charge >= 0.3 is 0 Å². The number of hydrogen-bond donors (Lipinski definition) is 1. The van der Waals surface area contributed by atoms with Crippen LogP contribution in [0.5, 0.6) is 0 Å². The van der Waals surface area contributed by atoms with Crippen LogP contribution in [0.4, 0.5) is 0 Å². The number of likely N-dealkylation sites (tertiary alicyclic amines) is 1. The standard InChI is InChI=1S/C17H20ClNO2/c18-15-5-3-14(4-6-15)17-8-7-16(21-17)11-19-9-1-2-13(10-19)12-20/h3-8,13,20H,1-2,9-12H2/t13-/m1/s1. The van der Waals surface area contributed by atoms with Crippen molar-refractivity contribution in [2.24, 2.45) is 5.92 Å². The minimum Gasteiger partial charge on any atom is -0.460 e. The molecule has 0 spiro atoms. The summed E-state index contributed by atoms with van der Waals surface area (Å²) in [6.07, 6.45) is 2.27. The maximum atomic E-state index is 9.29. The van der Waals surface area contributed by atoms with Crippen LogP contribution in [0.15, 0.2) is 40.8 Å². The third-order valence-corrected chi connectivity index (χ3v) is 4.28. The molecule has 2 heterocycles. The van der Waals surface area contributed by atoms with Crippen molar-refractivity contribution in [1.82, 2.24) is 4.90 Å². The summed E-state index contributed by atoms with van der Waals surface area (Å²) in [6.45, 7) is 3.12. The van der Waals surface area contributed by atoms with E-state index in [1.165, 1.54) is 0 Å². The summed E-state index contributed by atoms with van der Waals surface area (Å²) in [7, 11) is 0. The van der Waals surface area contributed by atoms with Crippen molar-refractivity contribution in [3.05, 3.63) is 47.2 Å². The van der Waals surface area contributed by atoms with Crippen LogP contribution in [-0.2, 0) is 6.54 Å². The Kier molecular flexibility index (Phi) is 4.63. The van der Waals surface area contributed by atoms with Gasteiger partial charge in [-0.3, -0.25) is 4.90 Å². The zero-order valence-corrected chi connectivity index (χ0v) is 12.7. The molecule has 2 aromatic rings. The van der Waals surface area contributed by atoms with Gasteiger partial charge in [0.15, 0.2) is 0 Å². The number of nitrogens with zero attached hydrogens (tertiary/aromatic N) is 1. The Hall–Kier alpha value is -1.29. The average molecular weight is 306 g/mol. The fourth-order valence-corrected chi connectivity index (χ4v) is 3.02. The highest BCUT2D eigenvalue weighted by Crippen LogP contribution is 2.25. The fourth-order valence-electron chi connectivity index (χ4n) is 2.90. The minimum atomic E-state index is 0.282. The molecule has 0 bridgehead atoms. The van der Waals surface area contributed by atoms with E-state index in [2.05, 4.69) is 4.90 Å². The fraction of sp³-hybridized carbons (Fsp3) is 0.412. The van der Waals surface area contributed by atoms with Gasteiger partial charge < -0.3 is 9.52 Å². The Morgan fingerprint density at radius 3 is 2.76 bits per heavy atom. The number of aliphatic hydroxyl groups is 1. The lowest BCUT2D eigenvalue weighted by atomic mass is 9.99. The molecule has 1 saturated heterocycles. The van der Waals surface area contributed by atoms with E-state index in [-0.39, 0.29) is 6.61 Å². The number of halogens is 1. The lowest BCUT2D eigenvalue weighted by molar-refractivity contribution is 0.110. The quantitative estimate of drug-likeness (QED) is 0.933. The number of furan rings is 1. The smallest absolute Gasteiger partial charge is 0.134 e. The molecule has 1 aliphatic heterocycles. The first-order valence-corrected chi connectivity index (χ1v) is 7.80. The Morgan fingerprint density at radius 1 is 1.19 bits per heavy atom. The number of rotatable bonds is 4. The van der Waals surface area contributed by atoms with Gasteiger partial charge in [-0.2, -0.15) is 0 Å². The molecule has 0 saturated carbocycles. The van der Waals surface area contributed by atoms with E-state index in [1.807, 2.05) is 36.4 Å². The zero-order valence-electron chi connectivity index (χ0n) is 12.0. The van der Waals surface area contributed by atoms with Gasteiger partial charge in [0.1, 0.15) is 11.5 Å². The van der Waals surface area contributed by atoms with Crippen LogP contribution < -0.4 is 0 Å². The Labute approximate surface area is 130 Å². The third kappa shape index (κ3) is 3.67. The normalized spacial score (nSPS) is 19.8. The number of benzene rings is 1. The molecule has 112 valence electrons. The van der Waals surface area contributed by atoms with Crippen LogP contribution in [-0.4, -0.2) is 29.7 Å². The van der Waals surface area contributed by atoms with Crippen molar-refractivity contribution >= 4 is 11.6 Å². The summed E-state index contributed by atoms with van der Waals surface area (Å²) in [5, 5.41) is 10.0. The van der Waals surface area contributed by atoms with Crippen molar-refractivity contribution in [2.45, 2.75) is 19.4 Å². The Morgan fingerprint density at radius 2 is 2.00 bits per heavy atom. The molecule has 1 N–H and O–H groups in total. The van der Waals surface area contributed by atoms with Gasteiger partial charge in [-0.15, -0.1) is 0 Å². The van der Waals surface area contributed by atoms with E-state index in [1.54, 1.807) is 0 Å². The molecular weight excluding hydrogens is 286 g/mol. The van der Waals surface area contributed by atoms with Gasteiger partial charge in [0.2, 0.25) is 0 Å². The van der Waals surface area contributed by atoms with Gasteiger partial charge in [-0.25, -0.2) is 0 Å². The van der Waals surface area contributed by atoms with Crippen molar-refractivity contribution in [1.29, 1.82) is 0 Å². The average Bonchev–Trinajstić information content (AvgIpc) is 2.96. The highest BCUT2D eigenvalue weighted by molar-refractivity contribution is 6.30. The molecule has 21 heavy (non-hydrogen) atoms. The van der Waals surface area contributed by atoms with Gasteiger partial charge in [-0.1, -0.05) is 11.6 Å². The van der Waals surface area contributed by atoms with Crippen LogP contribution in [0.25, 0.3) is 11.3 Å². The van der Waals surface area contributed by atoms with Crippen LogP contribution >= 0.6 is 11.6 Å². The number of aliphatic hydroxyl groups excluding tert-OH is 1. The second-order valence-electron chi connectivity index (χ2n) is 5.70. The third-order valence-electron chi connectivity index (χ3n) is 4.03. The Balaban J connectivity index is 1.66. The number of hydrogen-bond acceptors (Lipinski definition) is 3. The van der Waals surface area contributed by atoms with Crippen LogP contribution in [0.2, 0.25) is 5.02 Å². The molecule has 1 aromatic heterocycles. The summed E-state index contributed by atoms with van der Waals surface area (Å²) in [5.74, 6) is 2.25. The zero-order chi connectivity index (χ0) is 14.7. The van der Waals surface area contributed by atoms with Crippen LogP contribution in [0.1, 0.15) is 18.6 Å². The maximum Gasteiger partial charge on any atom is 0.134 e. The SMILES string of the molecule is OC[C@@H]1CCCN(Cc2ccc(-c3ccc(Cl)cc3)o2)C1. The Bertz CT molecular complexity index is 579. The first kappa shape index (κ1) is 14.6. The predicted octanol–water partition coefficient (Wildman–Crippen LogP) is 3.80. The van der Waals surface area contributed by atoms with E-state index >= 15 is 0 Å². The molecule has 1 aromatic carbocycles.